The van der Waals surface area contributed by atoms with Crippen molar-refractivity contribution in [1.29, 1.82) is 0 Å². The Morgan fingerprint density at radius 1 is 1.26 bits per heavy atom. The Morgan fingerprint density at radius 3 is 2.91 bits per heavy atom. The van der Waals surface area contributed by atoms with Crippen LogP contribution in [0.5, 0.6) is 0 Å². The van der Waals surface area contributed by atoms with E-state index in [0.29, 0.717) is 46.2 Å². The molecule has 1 fully saturated rings. The summed E-state index contributed by atoms with van der Waals surface area (Å²) in [6.45, 7) is 0.640. The Morgan fingerprint density at radius 2 is 2.11 bits per heavy atom. The molecule has 5 heterocycles. The number of nitrogens with one attached hydrogen (secondary N) is 1. The average Bonchev–Trinajstić information content (AvgIpc) is 3.57. The lowest BCUT2D eigenvalue weighted by molar-refractivity contribution is 0.596. The Labute approximate surface area is 205 Å². The van der Waals surface area contributed by atoms with Gasteiger partial charge in [-0.1, -0.05) is 17.7 Å². The first-order valence-corrected chi connectivity index (χ1v) is 12.9. The minimum absolute atomic E-state index is 0.211. The van der Waals surface area contributed by atoms with Crippen molar-refractivity contribution in [2.24, 2.45) is 0 Å². The Balaban J connectivity index is 1.61. The number of H-pyrrole nitrogens is 1. The molecule has 0 spiro atoms. The summed E-state index contributed by atoms with van der Waals surface area (Å²) in [6, 6.07) is 7.08. The smallest absolute Gasteiger partial charge is 0.284 e. The summed E-state index contributed by atoms with van der Waals surface area (Å²) < 4.78 is 29.5. The molecule has 0 radical (unpaired) electrons. The first-order chi connectivity index (χ1) is 16.9. The fourth-order valence-electron chi connectivity index (χ4n) is 4.78. The van der Waals surface area contributed by atoms with Crippen LogP contribution in [0.25, 0.3) is 22.2 Å². The monoisotopic (exact) mass is 511 g/mol. The van der Waals surface area contributed by atoms with Crippen molar-refractivity contribution in [3.63, 3.8) is 0 Å². The molecule has 5 aromatic rings. The highest BCUT2D eigenvalue weighted by atomic mass is 35.5. The van der Waals surface area contributed by atoms with Crippen molar-refractivity contribution < 1.29 is 8.60 Å². The van der Waals surface area contributed by atoms with E-state index in [2.05, 4.69) is 15.0 Å². The van der Waals surface area contributed by atoms with Gasteiger partial charge in [-0.05, 0) is 37.1 Å². The maximum atomic E-state index is 14.2. The average molecular weight is 512 g/mol. The van der Waals surface area contributed by atoms with Gasteiger partial charge in [-0.3, -0.25) is 13.6 Å². The van der Waals surface area contributed by atoms with Crippen molar-refractivity contribution in [3.05, 3.63) is 76.1 Å². The van der Waals surface area contributed by atoms with Gasteiger partial charge in [-0.2, -0.15) is 5.10 Å². The van der Waals surface area contributed by atoms with Crippen LogP contribution >= 0.6 is 11.6 Å². The summed E-state index contributed by atoms with van der Waals surface area (Å²) in [6.07, 6.45) is 7.86. The van der Waals surface area contributed by atoms with Gasteiger partial charge >= 0.3 is 0 Å². The normalized spacial score (nSPS) is 17.0. The number of fused-ring (bicyclic) bond motifs is 2. The van der Waals surface area contributed by atoms with Gasteiger partial charge in [0.05, 0.1) is 37.8 Å². The van der Waals surface area contributed by atoms with E-state index in [1.165, 1.54) is 27.5 Å². The minimum atomic E-state index is -1.26. The SMILES string of the molecule is C[S@](=O)c1c[nH]c2ncnc(N3CCC[C@H]3c3nn4ccc(Cl)c4c(=O)n3-c3cccc(F)c3)c12. The van der Waals surface area contributed by atoms with Gasteiger partial charge in [0.1, 0.15) is 29.1 Å². The predicted molar refractivity (Wildman–Crippen MR) is 131 cm³/mol. The van der Waals surface area contributed by atoms with Gasteiger partial charge < -0.3 is 9.88 Å². The van der Waals surface area contributed by atoms with Gasteiger partial charge in [0.15, 0.2) is 5.82 Å². The second-order valence-electron chi connectivity index (χ2n) is 8.31. The van der Waals surface area contributed by atoms with Crippen LogP contribution in [0.4, 0.5) is 10.2 Å². The van der Waals surface area contributed by atoms with Crippen LogP contribution < -0.4 is 10.5 Å². The fourth-order valence-corrected chi connectivity index (χ4v) is 5.70. The van der Waals surface area contributed by atoms with E-state index in [9.17, 15) is 13.4 Å². The summed E-state index contributed by atoms with van der Waals surface area (Å²) in [5.74, 6) is 0.568. The second-order valence-corrected chi connectivity index (χ2v) is 10.1. The standard InChI is InChI=1S/C23H19ClFN7O2S/c1-35(34)17-11-26-20-18(17)22(28-12-27-20)30-8-3-6-16(30)21-29-31-9-7-15(24)19(31)23(33)32(21)14-5-2-4-13(25)10-14/h2,4-5,7,9-12,16H,3,6,8H2,1H3,(H,26,27,28)/t16-,35-/m0/s1. The fraction of sp³-hybridized carbons (Fsp3) is 0.217. The molecule has 1 aromatic carbocycles. The number of hydrogen-bond acceptors (Lipinski definition) is 6. The number of benzene rings is 1. The Bertz CT molecular complexity index is 1690. The highest BCUT2D eigenvalue weighted by Gasteiger charge is 2.34. The minimum Gasteiger partial charge on any atom is -0.346 e. The highest BCUT2D eigenvalue weighted by Crippen LogP contribution is 2.39. The number of aromatic amines is 1. The van der Waals surface area contributed by atoms with Gasteiger partial charge in [0.2, 0.25) is 0 Å². The third-order valence-corrected chi connectivity index (χ3v) is 7.52. The van der Waals surface area contributed by atoms with E-state index in [0.717, 1.165) is 6.42 Å². The summed E-state index contributed by atoms with van der Waals surface area (Å²) in [4.78, 5) is 28.2. The van der Waals surface area contributed by atoms with E-state index in [4.69, 9.17) is 16.7 Å². The largest absolute Gasteiger partial charge is 0.346 e. The first kappa shape index (κ1) is 21.9. The number of nitrogens with zero attached hydrogens (tertiary/aromatic N) is 6. The lowest BCUT2D eigenvalue weighted by Gasteiger charge is -2.27. The molecule has 1 N–H and O–H groups in total. The molecule has 4 aromatic heterocycles. The van der Waals surface area contributed by atoms with Crippen molar-refractivity contribution in [2.45, 2.75) is 23.8 Å². The van der Waals surface area contributed by atoms with Crippen molar-refractivity contribution in [3.8, 4) is 5.69 Å². The summed E-state index contributed by atoms with van der Waals surface area (Å²) >= 11 is 6.30. The molecule has 178 valence electrons. The van der Waals surface area contributed by atoms with E-state index in [1.807, 2.05) is 4.90 Å². The molecule has 0 aliphatic carbocycles. The molecule has 35 heavy (non-hydrogen) atoms. The summed E-state index contributed by atoms with van der Waals surface area (Å²) in [5.41, 5.74) is 0.748. The third kappa shape index (κ3) is 3.45. The number of anilines is 1. The van der Waals surface area contributed by atoms with Crippen molar-refractivity contribution >= 4 is 44.8 Å². The Kier molecular flexibility index (Phi) is 5.19. The van der Waals surface area contributed by atoms with E-state index in [1.54, 1.807) is 36.8 Å². The lowest BCUT2D eigenvalue weighted by Crippen LogP contribution is -2.33. The van der Waals surface area contributed by atoms with Gasteiger partial charge in [0.25, 0.3) is 5.56 Å². The third-order valence-electron chi connectivity index (χ3n) is 6.27. The van der Waals surface area contributed by atoms with Crippen LogP contribution in [0.1, 0.15) is 24.7 Å². The van der Waals surface area contributed by atoms with E-state index >= 15 is 0 Å². The number of hydrogen-bond donors (Lipinski definition) is 1. The molecule has 9 nitrogen and oxygen atoms in total. The topological polar surface area (TPSA) is 101 Å². The summed E-state index contributed by atoms with van der Waals surface area (Å²) in [5, 5.41) is 5.70. The van der Waals surface area contributed by atoms with Gasteiger partial charge in [-0.25, -0.2) is 18.9 Å². The zero-order chi connectivity index (χ0) is 24.3. The first-order valence-electron chi connectivity index (χ1n) is 10.9. The van der Waals surface area contributed by atoms with Crippen molar-refractivity contribution in [1.82, 2.24) is 29.1 Å². The summed E-state index contributed by atoms with van der Waals surface area (Å²) in [7, 11) is -1.26. The van der Waals surface area contributed by atoms with Crippen LogP contribution in [0.3, 0.4) is 0 Å². The highest BCUT2D eigenvalue weighted by molar-refractivity contribution is 7.84. The van der Waals surface area contributed by atoms with E-state index in [-0.39, 0.29) is 16.6 Å². The van der Waals surface area contributed by atoms with Gasteiger partial charge in [0, 0.05) is 25.2 Å². The lowest BCUT2D eigenvalue weighted by atomic mass is 10.2. The maximum absolute atomic E-state index is 14.2. The quantitative estimate of drug-likeness (QED) is 0.395. The number of halogens is 2. The zero-order valence-corrected chi connectivity index (χ0v) is 20.1. The molecular weight excluding hydrogens is 493 g/mol. The van der Waals surface area contributed by atoms with Crippen LogP contribution in [0, 0.1) is 5.82 Å². The number of rotatable bonds is 4. The molecule has 1 aliphatic rings. The molecule has 12 heteroatoms. The number of aromatic nitrogens is 6. The molecule has 6 rings (SSSR count). The molecule has 0 unspecified atom stereocenters. The zero-order valence-electron chi connectivity index (χ0n) is 18.5. The maximum Gasteiger partial charge on any atom is 0.284 e. The molecule has 0 amide bonds. The van der Waals surface area contributed by atoms with Crippen LogP contribution in [0.2, 0.25) is 5.02 Å². The predicted octanol–water partition coefficient (Wildman–Crippen LogP) is 3.63. The van der Waals surface area contributed by atoms with E-state index < -0.39 is 22.2 Å². The molecule has 2 atom stereocenters. The molecule has 1 aliphatic heterocycles. The van der Waals surface area contributed by atoms with Crippen LogP contribution in [0.15, 0.2) is 58.7 Å². The van der Waals surface area contributed by atoms with Gasteiger partial charge in [-0.15, -0.1) is 0 Å². The van der Waals surface area contributed by atoms with Crippen LogP contribution in [-0.2, 0) is 10.8 Å². The molecule has 0 saturated carbocycles. The molecule has 1 saturated heterocycles. The van der Waals surface area contributed by atoms with Crippen molar-refractivity contribution in [2.75, 3.05) is 17.7 Å². The second kappa shape index (κ2) is 8.28. The van der Waals surface area contributed by atoms with Crippen LogP contribution in [-0.4, -0.2) is 46.1 Å². The molecule has 0 bridgehead atoms. The molecular formula is C23H19ClFN7O2S. The Hall–Kier alpha value is -3.57.